The monoisotopic (exact) mass is 522 g/mol. The van der Waals surface area contributed by atoms with E-state index in [0.717, 1.165) is 19.3 Å². The summed E-state index contributed by atoms with van der Waals surface area (Å²) >= 11 is 0. The van der Waals surface area contributed by atoms with E-state index in [-0.39, 0.29) is 46.8 Å². The fourth-order valence-electron chi connectivity index (χ4n) is 5.38. The third kappa shape index (κ3) is 4.75. The highest BCUT2D eigenvalue weighted by atomic mass is 19.1. The largest absolute Gasteiger partial charge is 0.489 e. The first-order valence-electron chi connectivity index (χ1n) is 13.2. The maximum absolute atomic E-state index is 14.8. The third-order valence-corrected chi connectivity index (χ3v) is 7.20. The summed E-state index contributed by atoms with van der Waals surface area (Å²) in [4.78, 5) is 33.0. The van der Waals surface area contributed by atoms with E-state index in [0.29, 0.717) is 23.8 Å². The Morgan fingerprint density at radius 1 is 1.18 bits per heavy atom. The van der Waals surface area contributed by atoms with Crippen LogP contribution in [0.2, 0.25) is 0 Å². The van der Waals surface area contributed by atoms with E-state index in [2.05, 4.69) is 10.3 Å². The van der Waals surface area contributed by atoms with Gasteiger partial charge in [-0.3, -0.25) is 19.6 Å². The molecule has 202 valence electrons. The number of carbonyl (C=O) groups excluding carboxylic acids is 1. The number of benzene rings is 2. The van der Waals surface area contributed by atoms with Gasteiger partial charge in [0.15, 0.2) is 0 Å². The number of carbonyl (C=O) groups is 1. The lowest BCUT2D eigenvalue weighted by atomic mass is 9.61. The fraction of sp³-hybridized carbons (Fsp3) is 0.483. The molecule has 1 spiro atoms. The molecule has 8 nitrogen and oxygen atoms in total. The number of fused-ring (bicyclic) bond motifs is 1. The maximum Gasteiger partial charge on any atom is 0.411 e. The molecule has 1 saturated heterocycles. The molecule has 1 N–H and O–H groups in total. The number of nitrogens with one attached hydrogen (secondary N) is 1. The summed E-state index contributed by atoms with van der Waals surface area (Å²) in [5, 5.41) is 3.65. The molecule has 1 aliphatic heterocycles. The van der Waals surface area contributed by atoms with Crippen molar-refractivity contribution in [1.29, 1.82) is 0 Å². The number of para-hydroxylation sites is 3. The standard InChI is InChI=1S/C29H35FN4O4/c1-18(2)37-22-13-7-6-12-21(22)34-23(32-24-19(25(34)35)10-8-11-20(24)30)16-31-26-29(14-9-15-29)17-33(26)27(36)38-28(3,4)5/h6-8,10-13,18,26,31H,9,14-17H2,1-5H3. The van der Waals surface area contributed by atoms with Crippen molar-refractivity contribution in [2.45, 2.75) is 78.3 Å². The molecule has 0 radical (unpaired) electrons. The van der Waals surface area contributed by atoms with Crippen LogP contribution in [0.5, 0.6) is 5.75 Å². The Morgan fingerprint density at radius 3 is 2.58 bits per heavy atom. The van der Waals surface area contributed by atoms with Gasteiger partial charge in [0.05, 0.1) is 29.9 Å². The predicted octanol–water partition coefficient (Wildman–Crippen LogP) is 5.15. The molecule has 2 fully saturated rings. The van der Waals surface area contributed by atoms with Crippen LogP contribution in [0.1, 0.15) is 59.7 Å². The van der Waals surface area contributed by atoms with Gasteiger partial charge in [0.2, 0.25) is 0 Å². The first kappa shape index (κ1) is 26.2. The van der Waals surface area contributed by atoms with E-state index in [4.69, 9.17) is 9.47 Å². The number of ether oxygens (including phenoxy) is 2. The number of rotatable bonds is 6. The van der Waals surface area contributed by atoms with Crippen LogP contribution in [-0.2, 0) is 11.3 Å². The van der Waals surface area contributed by atoms with Gasteiger partial charge in [-0.1, -0.05) is 24.6 Å². The number of nitrogens with zero attached hydrogens (tertiary/aromatic N) is 3. The van der Waals surface area contributed by atoms with E-state index < -0.39 is 11.4 Å². The molecule has 1 saturated carbocycles. The molecule has 1 amide bonds. The Kier molecular flexibility index (Phi) is 6.67. The minimum absolute atomic E-state index is 0.0174. The fourth-order valence-corrected chi connectivity index (χ4v) is 5.38. The van der Waals surface area contributed by atoms with Gasteiger partial charge < -0.3 is 9.47 Å². The quantitative estimate of drug-likeness (QED) is 0.482. The van der Waals surface area contributed by atoms with Gasteiger partial charge in [-0.15, -0.1) is 0 Å². The molecule has 1 atom stereocenters. The molecule has 2 aromatic carbocycles. The SMILES string of the molecule is CC(C)Oc1ccccc1-n1c(CNC2N(C(=O)OC(C)(C)C)CC23CCC3)nc2c(F)cccc2c1=O. The van der Waals surface area contributed by atoms with Gasteiger partial charge in [-0.05, 0) is 71.7 Å². The summed E-state index contributed by atoms with van der Waals surface area (Å²) in [7, 11) is 0. The molecule has 1 unspecified atom stereocenters. The summed E-state index contributed by atoms with van der Waals surface area (Å²) in [6.07, 6.45) is 2.34. The minimum atomic E-state index is -0.609. The van der Waals surface area contributed by atoms with Crippen LogP contribution < -0.4 is 15.6 Å². The zero-order valence-corrected chi connectivity index (χ0v) is 22.6. The molecule has 0 bridgehead atoms. The van der Waals surface area contributed by atoms with Gasteiger partial charge >= 0.3 is 6.09 Å². The number of halogens is 1. The summed E-state index contributed by atoms with van der Waals surface area (Å²) in [5.41, 5.74) is -0.478. The van der Waals surface area contributed by atoms with Crippen LogP contribution in [0, 0.1) is 11.2 Å². The van der Waals surface area contributed by atoms with Crippen molar-refractivity contribution in [2.75, 3.05) is 6.54 Å². The maximum atomic E-state index is 14.8. The molecular weight excluding hydrogens is 487 g/mol. The van der Waals surface area contributed by atoms with Gasteiger partial charge in [-0.25, -0.2) is 14.2 Å². The normalized spacial score (nSPS) is 18.4. The Bertz CT molecular complexity index is 1420. The number of aromatic nitrogens is 2. The molecule has 2 heterocycles. The van der Waals surface area contributed by atoms with Crippen molar-refractivity contribution in [3.63, 3.8) is 0 Å². The molecule has 1 aliphatic carbocycles. The van der Waals surface area contributed by atoms with Crippen molar-refractivity contribution in [1.82, 2.24) is 19.8 Å². The zero-order valence-electron chi connectivity index (χ0n) is 22.6. The number of hydrogen-bond acceptors (Lipinski definition) is 6. The molecule has 1 aromatic heterocycles. The van der Waals surface area contributed by atoms with Crippen LogP contribution in [0.4, 0.5) is 9.18 Å². The second-order valence-electron chi connectivity index (χ2n) is 11.5. The molecule has 38 heavy (non-hydrogen) atoms. The van der Waals surface area contributed by atoms with E-state index in [1.165, 1.54) is 16.7 Å². The Labute approximate surface area is 221 Å². The molecular formula is C29H35FN4O4. The summed E-state index contributed by atoms with van der Waals surface area (Å²) in [6.45, 7) is 10.1. The summed E-state index contributed by atoms with van der Waals surface area (Å²) in [6, 6.07) is 11.6. The van der Waals surface area contributed by atoms with Crippen LogP contribution in [0.15, 0.2) is 47.3 Å². The van der Waals surface area contributed by atoms with Crippen LogP contribution >= 0.6 is 0 Å². The number of hydrogen-bond donors (Lipinski definition) is 1. The molecule has 5 rings (SSSR count). The van der Waals surface area contributed by atoms with E-state index in [9.17, 15) is 14.0 Å². The van der Waals surface area contributed by atoms with E-state index >= 15 is 0 Å². The Morgan fingerprint density at radius 2 is 1.92 bits per heavy atom. The average Bonchev–Trinajstić information content (AvgIpc) is 2.78. The lowest BCUT2D eigenvalue weighted by Crippen LogP contribution is -2.74. The summed E-state index contributed by atoms with van der Waals surface area (Å²) < 4.78 is 27.9. The highest BCUT2D eigenvalue weighted by Gasteiger charge is 2.58. The highest BCUT2D eigenvalue weighted by molar-refractivity contribution is 5.78. The zero-order chi connectivity index (χ0) is 27.2. The Balaban J connectivity index is 1.55. The van der Waals surface area contributed by atoms with E-state index in [1.54, 1.807) is 23.1 Å². The van der Waals surface area contributed by atoms with Crippen molar-refractivity contribution in [3.8, 4) is 11.4 Å². The number of amides is 1. The third-order valence-electron chi connectivity index (χ3n) is 7.20. The smallest absolute Gasteiger partial charge is 0.411 e. The molecule has 3 aromatic rings. The van der Waals surface area contributed by atoms with Crippen molar-refractivity contribution >= 4 is 17.0 Å². The second kappa shape index (κ2) is 9.69. The van der Waals surface area contributed by atoms with Crippen molar-refractivity contribution < 1.29 is 18.7 Å². The molecule has 2 aliphatic rings. The van der Waals surface area contributed by atoms with Crippen molar-refractivity contribution in [3.05, 3.63) is 64.5 Å². The molecule has 9 heteroatoms. The average molecular weight is 523 g/mol. The van der Waals surface area contributed by atoms with Crippen LogP contribution in [0.3, 0.4) is 0 Å². The highest BCUT2D eigenvalue weighted by Crippen LogP contribution is 2.52. The second-order valence-corrected chi connectivity index (χ2v) is 11.5. The van der Waals surface area contributed by atoms with Gasteiger partial charge in [0, 0.05) is 12.0 Å². The predicted molar refractivity (Wildman–Crippen MR) is 143 cm³/mol. The topological polar surface area (TPSA) is 85.7 Å². The van der Waals surface area contributed by atoms with Gasteiger partial charge in [0.25, 0.3) is 5.56 Å². The number of likely N-dealkylation sites (tertiary alicyclic amines) is 1. The van der Waals surface area contributed by atoms with Crippen LogP contribution in [-0.4, -0.2) is 45.0 Å². The van der Waals surface area contributed by atoms with E-state index in [1.807, 2.05) is 46.8 Å². The van der Waals surface area contributed by atoms with Crippen molar-refractivity contribution in [2.24, 2.45) is 5.41 Å². The van der Waals surface area contributed by atoms with Gasteiger partial charge in [0.1, 0.15) is 28.5 Å². The Hall–Kier alpha value is -3.46. The van der Waals surface area contributed by atoms with Crippen LogP contribution in [0.25, 0.3) is 16.6 Å². The van der Waals surface area contributed by atoms with Gasteiger partial charge in [-0.2, -0.15) is 0 Å². The lowest BCUT2D eigenvalue weighted by molar-refractivity contribution is -0.135. The first-order valence-corrected chi connectivity index (χ1v) is 13.2. The first-order chi connectivity index (χ1) is 18.0. The minimum Gasteiger partial charge on any atom is -0.489 e. The lowest BCUT2D eigenvalue weighted by Gasteiger charge is -2.61. The summed E-state index contributed by atoms with van der Waals surface area (Å²) in [5.74, 6) is 0.296.